The topological polar surface area (TPSA) is 0 Å². The number of rotatable bonds is 5. The molecular weight excluding hydrogens is 180 g/mol. The molecule has 0 atom stereocenters. The SMILES string of the molecule is CC[Si](C[SiH](C)C)C[SiH](C)C. The molecule has 0 spiro atoms. The Morgan fingerprint density at radius 2 is 1.27 bits per heavy atom. The van der Waals surface area contributed by atoms with Gasteiger partial charge in [0.15, 0.2) is 0 Å². The first-order valence-corrected chi connectivity index (χ1v) is 13.3. The lowest BCUT2D eigenvalue weighted by Crippen LogP contribution is -2.23. The highest BCUT2D eigenvalue weighted by molar-refractivity contribution is 6.83. The summed E-state index contributed by atoms with van der Waals surface area (Å²) in [6.45, 7) is 12.4. The summed E-state index contributed by atoms with van der Waals surface area (Å²) in [4.78, 5) is 0. The van der Waals surface area contributed by atoms with Crippen molar-refractivity contribution in [3.8, 4) is 0 Å². The van der Waals surface area contributed by atoms with Gasteiger partial charge >= 0.3 is 0 Å². The summed E-state index contributed by atoms with van der Waals surface area (Å²) in [5.41, 5.74) is 3.37. The van der Waals surface area contributed by atoms with Gasteiger partial charge in [-0.25, -0.2) is 0 Å². The molecule has 11 heavy (non-hydrogen) atoms. The second-order valence-corrected chi connectivity index (χ2v) is 15.3. The zero-order valence-electron chi connectivity index (χ0n) is 8.78. The van der Waals surface area contributed by atoms with E-state index in [-0.39, 0.29) is 26.4 Å². The zero-order valence-corrected chi connectivity index (χ0v) is 12.1. The van der Waals surface area contributed by atoms with E-state index in [0.29, 0.717) is 0 Å². The molecule has 0 aromatic rings. The van der Waals surface area contributed by atoms with Crippen molar-refractivity contribution in [3.05, 3.63) is 0 Å². The lowest BCUT2D eigenvalue weighted by molar-refractivity contribution is 1.38. The van der Waals surface area contributed by atoms with Gasteiger partial charge in [-0.15, -0.1) is 0 Å². The van der Waals surface area contributed by atoms with Crippen LogP contribution in [0.1, 0.15) is 6.92 Å². The summed E-state index contributed by atoms with van der Waals surface area (Å²) in [6, 6.07) is 1.53. The molecule has 0 N–H and O–H groups in total. The molecule has 0 nitrogen and oxygen atoms in total. The third-order valence-electron chi connectivity index (χ3n) is 1.89. The van der Waals surface area contributed by atoms with Gasteiger partial charge in [0, 0.05) is 26.4 Å². The van der Waals surface area contributed by atoms with Gasteiger partial charge in [-0.3, -0.25) is 0 Å². The average molecular weight is 204 g/mol. The fraction of sp³-hybridized carbons (Fsp3) is 1.00. The summed E-state index contributed by atoms with van der Waals surface area (Å²) in [6.07, 6.45) is 0. The number of hydrogen-bond acceptors (Lipinski definition) is 0. The fourth-order valence-corrected chi connectivity index (χ4v) is 15.2. The van der Waals surface area contributed by atoms with Crippen molar-refractivity contribution in [2.45, 2.75) is 50.5 Å². The maximum Gasteiger partial charge on any atom is 0.0414 e. The summed E-state index contributed by atoms with van der Waals surface area (Å²) in [7, 11) is -0.334. The van der Waals surface area contributed by atoms with E-state index in [1.807, 2.05) is 0 Å². The first-order valence-electron chi connectivity index (χ1n) is 4.89. The fourth-order valence-electron chi connectivity index (χ4n) is 1.53. The van der Waals surface area contributed by atoms with E-state index < -0.39 is 0 Å². The average Bonchev–Trinajstić information content (AvgIpc) is 1.84. The largest absolute Gasteiger partial charge is 0.0724 e. The predicted octanol–water partition coefficient (Wildman–Crippen LogP) is 2.55. The Balaban J connectivity index is 3.58. The monoisotopic (exact) mass is 203 g/mol. The van der Waals surface area contributed by atoms with Crippen LogP contribution in [0, 0.1) is 0 Å². The molecule has 0 saturated carbocycles. The number of hydrogen-bond donors (Lipinski definition) is 0. The molecule has 0 aliphatic heterocycles. The minimum Gasteiger partial charge on any atom is -0.0724 e. The van der Waals surface area contributed by atoms with Crippen LogP contribution in [0.25, 0.3) is 0 Å². The molecule has 0 saturated heterocycles. The van der Waals surface area contributed by atoms with Crippen LogP contribution >= 0.6 is 0 Å². The summed E-state index contributed by atoms with van der Waals surface area (Å²) in [5.74, 6) is 0. The maximum atomic E-state index is 2.50. The van der Waals surface area contributed by atoms with E-state index in [0.717, 1.165) is 0 Å². The van der Waals surface area contributed by atoms with Gasteiger partial charge in [-0.1, -0.05) is 50.5 Å². The second kappa shape index (κ2) is 6.20. The van der Waals surface area contributed by atoms with Gasteiger partial charge in [0.25, 0.3) is 0 Å². The van der Waals surface area contributed by atoms with E-state index in [1.165, 1.54) is 6.04 Å². The lowest BCUT2D eigenvalue weighted by atomic mass is 11.0. The highest BCUT2D eigenvalue weighted by Crippen LogP contribution is 2.09. The summed E-state index contributed by atoms with van der Waals surface area (Å²) >= 11 is 0. The van der Waals surface area contributed by atoms with Crippen molar-refractivity contribution in [3.63, 3.8) is 0 Å². The van der Waals surface area contributed by atoms with Crippen molar-refractivity contribution >= 4 is 26.4 Å². The van der Waals surface area contributed by atoms with Crippen molar-refractivity contribution in [2.75, 3.05) is 0 Å². The first-order chi connectivity index (χ1) is 5.06. The van der Waals surface area contributed by atoms with Gasteiger partial charge in [0.05, 0.1) is 0 Å². The van der Waals surface area contributed by atoms with E-state index in [9.17, 15) is 0 Å². The van der Waals surface area contributed by atoms with Crippen molar-refractivity contribution in [1.82, 2.24) is 0 Å². The zero-order chi connectivity index (χ0) is 8.85. The molecule has 0 bridgehead atoms. The van der Waals surface area contributed by atoms with Crippen molar-refractivity contribution in [2.24, 2.45) is 0 Å². The Bertz CT molecular complexity index is 81.3. The molecule has 0 heterocycles. The maximum absolute atomic E-state index is 2.50. The Labute approximate surface area is 77.2 Å². The Kier molecular flexibility index (Phi) is 6.56. The van der Waals surface area contributed by atoms with Crippen LogP contribution in [0.5, 0.6) is 0 Å². The van der Waals surface area contributed by atoms with Gasteiger partial charge in [0.2, 0.25) is 0 Å². The van der Waals surface area contributed by atoms with E-state index in [4.69, 9.17) is 0 Å². The molecular formula is C8H23Si3. The first kappa shape index (κ1) is 11.7. The quantitative estimate of drug-likeness (QED) is 0.603. The minimum atomic E-state index is -0.237. The molecule has 67 valence electrons. The highest BCUT2D eigenvalue weighted by Gasteiger charge is 2.12. The molecule has 0 amide bonds. The summed E-state index contributed by atoms with van der Waals surface area (Å²) in [5, 5.41) is 0. The minimum absolute atomic E-state index is 0.140. The van der Waals surface area contributed by atoms with Crippen LogP contribution in [-0.2, 0) is 0 Å². The normalized spacial score (nSPS) is 12.0. The van der Waals surface area contributed by atoms with Gasteiger partial charge in [0.1, 0.15) is 0 Å². The van der Waals surface area contributed by atoms with Crippen molar-refractivity contribution < 1.29 is 0 Å². The molecule has 0 aliphatic rings. The molecule has 0 unspecified atom stereocenters. The molecule has 0 fully saturated rings. The van der Waals surface area contributed by atoms with E-state index >= 15 is 0 Å². The van der Waals surface area contributed by atoms with E-state index in [2.05, 4.69) is 33.1 Å². The molecule has 0 rings (SSSR count). The van der Waals surface area contributed by atoms with Gasteiger partial charge in [-0.05, 0) is 0 Å². The van der Waals surface area contributed by atoms with Crippen LogP contribution < -0.4 is 0 Å². The van der Waals surface area contributed by atoms with Crippen LogP contribution in [0.15, 0.2) is 0 Å². The lowest BCUT2D eigenvalue weighted by Gasteiger charge is -2.15. The third kappa shape index (κ3) is 7.03. The van der Waals surface area contributed by atoms with E-state index in [1.54, 1.807) is 11.3 Å². The molecule has 0 aromatic heterocycles. The van der Waals surface area contributed by atoms with Gasteiger partial charge < -0.3 is 0 Å². The second-order valence-electron chi connectivity index (χ2n) is 4.30. The van der Waals surface area contributed by atoms with Gasteiger partial charge in [-0.2, -0.15) is 0 Å². The molecule has 0 aliphatic carbocycles. The summed E-state index contributed by atoms with van der Waals surface area (Å²) < 4.78 is 0. The Morgan fingerprint density at radius 3 is 1.45 bits per heavy atom. The van der Waals surface area contributed by atoms with Crippen LogP contribution in [-0.4, -0.2) is 26.4 Å². The third-order valence-corrected chi connectivity index (χ3v) is 14.0. The molecule has 0 aromatic carbocycles. The highest BCUT2D eigenvalue weighted by atomic mass is 28.4. The standard InChI is InChI=1S/C8H23Si3/c1-6-11(7-9(2)3)8-10(4)5/h9-10H,6-8H2,1-5H3. The van der Waals surface area contributed by atoms with Crippen molar-refractivity contribution in [1.29, 1.82) is 0 Å². The van der Waals surface area contributed by atoms with Crippen LogP contribution in [0.2, 0.25) is 43.6 Å². The van der Waals surface area contributed by atoms with Crippen LogP contribution in [0.3, 0.4) is 0 Å². The molecule has 1 radical (unpaired) electrons. The smallest absolute Gasteiger partial charge is 0.0414 e. The Morgan fingerprint density at radius 1 is 0.909 bits per heavy atom. The predicted molar refractivity (Wildman–Crippen MR) is 63.6 cm³/mol. The van der Waals surface area contributed by atoms with Crippen LogP contribution in [0.4, 0.5) is 0 Å². The Hall–Kier alpha value is 0.651. The molecule has 3 heteroatoms.